The third kappa shape index (κ3) is 4.81. The second kappa shape index (κ2) is 8.03. The van der Waals surface area contributed by atoms with Gasteiger partial charge in [-0.2, -0.15) is 0 Å². The molecule has 0 atom stereocenters. The minimum atomic E-state index is 0.0000366. The molecule has 2 heterocycles. The molecule has 1 saturated heterocycles. The lowest BCUT2D eigenvalue weighted by atomic mass is 9.91. The first-order chi connectivity index (χ1) is 12.3. The third-order valence-electron chi connectivity index (χ3n) is 4.97. The highest BCUT2D eigenvalue weighted by molar-refractivity contribution is 7.99. The van der Waals surface area contributed by atoms with Crippen LogP contribution in [0.1, 0.15) is 56.0 Å². The van der Waals surface area contributed by atoms with Crippen molar-refractivity contribution in [2.75, 3.05) is 31.9 Å². The second-order valence-electron chi connectivity index (χ2n) is 8.54. The quantitative estimate of drug-likeness (QED) is 0.790. The molecule has 0 unspecified atom stereocenters. The van der Waals surface area contributed by atoms with Gasteiger partial charge in [0.2, 0.25) is 5.91 Å². The molecule has 26 heavy (non-hydrogen) atoms. The molecule has 2 aliphatic rings. The van der Waals surface area contributed by atoms with E-state index in [1.807, 2.05) is 27.6 Å². The first-order valence-electron chi connectivity index (χ1n) is 9.66. The molecule has 0 aromatic heterocycles. The van der Waals surface area contributed by atoms with Crippen molar-refractivity contribution in [3.8, 4) is 0 Å². The second-order valence-corrected chi connectivity index (χ2v) is 9.68. The van der Waals surface area contributed by atoms with Crippen LogP contribution in [0, 0.1) is 5.41 Å². The van der Waals surface area contributed by atoms with Crippen LogP contribution in [0.15, 0.2) is 23.1 Å². The van der Waals surface area contributed by atoms with Crippen molar-refractivity contribution in [1.29, 1.82) is 0 Å². The van der Waals surface area contributed by atoms with Crippen molar-refractivity contribution in [3.05, 3.63) is 29.3 Å². The predicted molar refractivity (Wildman–Crippen MR) is 107 cm³/mol. The summed E-state index contributed by atoms with van der Waals surface area (Å²) >= 11 is 1.89. The van der Waals surface area contributed by atoms with Crippen LogP contribution in [0.25, 0.3) is 0 Å². The first-order valence-corrected chi connectivity index (χ1v) is 10.6. The average Bonchev–Trinajstić information content (AvgIpc) is 2.85. The fraction of sp³-hybridized carbons (Fsp3) is 0.619. The van der Waals surface area contributed by atoms with Gasteiger partial charge in [0.1, 0.15) is 0 Å². The molecule has 0 bridgehead atoms. The molecule has 0 spiro atoms. The zero-order chi connectivity index (χ0) is 18.7. The Bertz CT molecular complexity index is 681. The van der Waals surface area contributed by atoms with Crippen LogP contribution in [0.4, 0.5) is 0 Å². The molecule has 5 heteroatoms. The summed E-state index contributed by atoms with van der Waals surface area (Å²) in [6.07, 6.45) is 3.66. The number of thioether (sulfide) groups is 1. The van der Waals surface area contributed by atoms with E-state index in [0.717, 1.165) is 31.5 Å². The Morgan fingerprint density at radius 1 is 1.04 bits per heavy atom. The maximum atomic E-state index is 13.0. The summed E-state index contributed by atoms with van der Waals surface area (Å²) in [5.41, 5.74) is 2.10. The molecule has 142 valence electrons. The van der Waals surface area contributed by atoms with E-state index in [2.05, 4.69) is 32.9 Å². The van der Waals surface area contributed by atoms with E-state index in [1.54, 1.807) is 0 Å². The number of carbonyl (C=O) groups is 2. The largest absolute Gasteiger partial charge is 0.341 e. The monoisotopic (exact) mass is 374 g/mol. The summed E-state index contributed by atoms with van der Waals surface area (Å²) in [7, 11) is 0. The third-order valence-corrected chi connectivity index (χ3v) is 6.17. The van der Waals surface area contributed by atoms with Crippen LogP contribution in [0.3, 0.4) is 0 Å². The number of fused-ring (bicyclic) bond motifs is 1. The summed E-state index contributed by atoms with van der Waals surface area (Å²) in [5, 5.41) is 0. The molecule has 2 aliphatic heterocycles. The molecule has 0 radical (unpaired) electrons. The summed E-state index contributed by atoms with van der Waals surface area (Å²) < 4.78 is 0. The fourth-order valence-corrected chi connectivity index (χ4v) is 4.63. The summed E-state index contributed by atoms with van der Waals surface area (Å²) in [5.74, 6) is 1.48. The summed E-state index contributed by atoms with van der Waals surface area (Å²) in [4.78, 5) is 30.6. The molecule has 0 aliphatic carbocycles. The first kappa shape index (κ1) is 19.3. The molecule has 1 aromatic rings. The molecular formula is C21H30N2O2S. The minimum absolute atomic E-state index is 0.0000366. The van der Waals surface area contributed by atoms with Gasteiger partial charge < -0.3 is 9.80 Å². The van der Waals surface area contributed by atoms with E-state index in [0.29, 0.717) is 19.5 Å². The Morgan fingerprint density at radius 3 is 2.54 bits per heavy atom. The highest BCUT2D eigenvalue weighted by Gasteiger charge is 2.26. The van der Waals surface area contributed by atoms with Crippen molar-refractivity contribution in [3.63, 3.8) is 0 Å². The Morgan fingerprint density at radius 2 is 1.77 bits per heavy atom. The minimum Gasteiger partial charge on any atom is -0.341 e. The van der Waals surface area contributed by atoms with Crippen LogP contribution in [-0.2, 0) is 11.2 Å². The fourth-order valence-electron chi connectivity index (χ4n) is 3.61. The lowest BCUT2D eigenvalue weighted by Gasteiger charge is -2.26. The van der Waals surface area contributed by atoms with Crippen molar-refractivity contribution in [1.82, 2.24) is 9.80 Å². The lowest BCUT2D eigenvalue weighted by Crippen LogP contribution is -2.38. The van der Waals surface area contributed by atoms with Crippen molar-refractivity contribution >= 4 is 23.6 Å². The highest BCUT2D eigenvalue weighted by Crippen LogP contribution is 2.30. The Hall–Kier alpha value is -1.49. The topological polar surface area (TPSA) is 40.6 Å². The maximum Gasteiger partial charge on any atom is 0.253 e. The van der Waals surface area contributed by atoms with E-state index < -0.39 is 0 Å². The van der Waals surface area contributed by atoms with Gasteiger partial charge >= 0.3 is 0 Å². The average molecular weight is 375 g/mol. The predicted octanol–water partition coefficient (Wildman–Crippen LogP) is 3.84. The number of benzene rings is 1. The standard InChI is InChI=1S/C21H30N2O2S/c1-21(2,3)15-19(24)22-9-5-10-23(12-11-22)20(25)17-7-8-18-16(14-17)6-4-13-26-18/h7-8,14H,4-6,9-13,15H2,1-3H3. The van der Waals surface area contributed by atoms with E-state index in [4.69, 9.17) is 0 Å². The van der Waals surface area contributed by atoms with Gasteiger partial charge in [-0.15, -0.1) is 11.8 Å². The summed E-state index contributed by atoms with van der Waals surface area (Å²) in [6, 6.07) is 6.15. The Kier molecular flexibility index (Phi) is 5.96. The Balaban J connectivity index is 1.63. The number of rotatable bonds is 2. The van der Waals surface area contributed by atoms with E-state index in [1.165, 1.54) is 22.6 Å². The maximum absolute atomic E-state index is 13.0. The molecule has 0 N–H and O–H groups in total. The van der Waals surface area contributed by atoms with Crippen LogP contribution in [0.2, 0.25) is 0 Å². The van der Waals surface area contributed by atoms with Gasteiger partial charge in [-0.05, 0) is 54.2 Å². The summed E-state index contributed by atoms with van der Waals surface area (Å²) in [6.45, 7) is 9.01. The molecule has 1 fully saturated rings. The molecule has 4 nitrogen and oxygen atoms in total. The number of hydrogen-bond acceptors (Lipinski definition) is 3. The molecule has 1 aromatic carbocycles. The SMILES string of the molecule is CC(C)(C)CC(=O)N1CCCN(C(=O)c2ccc3c(c2)CCCS3)CC1. The van der Waals surface area contributed by atoms with E-state index >= 15 is 0 Å². The van der Waals surface area contributed by atoms with Gasteiger partial charge in [0.05, 0.1) is 0 Å². The van der Waals surface area contributed by atoms with Gasteiger partial charge in [0.15, 0.2) is 0 Å². The lowest BCUT2D eigenvalue weighted by molar-refractivity contribution is -0.132. The van der Waals surface area contributed by atoms with E-state index in [-0.39, 0.29) is 17.2 Å². The van der Waals surface area contributed by atoms with Crippen molar-refractivity contribution in [2.45, 2.75) is 51.3 Å². The van der Waals surface area contributed by atoms with Crippen molar-refractivity contribution < 1.29 is 9.59 Å². The van der Waals surface area contributed by atoms with Gasteiger partial charge in [-0.3, -0.25) is 9.59 Å². The molecule has 0 saturated carbocycles. The van der Waals surface area contributed by atoms with Crippen LogP contribution < -0.4 is 0 Å². The number of hydrogen-bond donors (Lipinski definition) is 0. The van der Waals surface area contributed by atoms with E-state index in [9.17, 15) is 9.59 Å². The Labute approximate surface area is 161 Å². The van der Waals surface area contributed by atoms with Crippen LogP contribution in [-0.4, -0.2) is 53.5 Å². The van der Waals surface area contributed by atoms with Crippen LogP contribution >= 0.6 is 11.8 Å². The zero-order valence-corrected chi connectivity index (χ0v) is 17.0. The molecular weight excluding hydrogens is 344 g/mol. The normalized spacial score (nSPS) is 18.3. The van der Waals surface area contributed by atoms with Gasteiger partial charge in [-0.1, -0.05) is 20.8 Å². The number of amides is 2. The molecule has 2 amide bonds. The smallest absolute Gasteiger partial charge is 0.253 e. The van der Waals surface area contributed by atoms with Crippen LogP contribution in [0.5, 0.6) is 0 Å². The number of aryl methyl sites for hydroxylation is 1. The zero-order valence-electron chi connectivity index (χ0n) is 16.2. The van der Waals surface area contributed by atoms with Gasteiger partial charge in [0.25, 0.3) is 5.91 Å². The van der Waals surface area contributed by atoms with Gasteiger partial charge in [-0.25, -0.2) is 0 Å². The van der Waals surface area contributed by atoms with Gasteiger partial charge in [0, 0.05) is 43.1 Å². The highest BCUT2D eigenvalue weighted by atomic mass is 32.2. The van der Waals surface area contributed by atoms with Crippen molar-refractivity contribution in [2.24, 2.45) is 5.41 Å². The molecule has 3 rings (SSSR count). The number of nitrogens with zero attached hydrogens (tertiary/aromatic N) is 2. The number of carbonyl (C=O) groups excluding carboxylic acids is 2.